The van der Waals surface area contributed by atoms with E-state index < -0.39 is 6.61 Å². The van der Waals surface area contributed by atoms with Crippen LogP contribution in [0, 0.1) is 6.92 Å². The number of ether oxygens (including phenoxy) is 1. The number of nitrogens with zero attached hydrogens (tertiary/aromatic N) is 1. The molecule has 0 amide bonds. The Morgan fingerprint density at radius 3 is 2.79 bits per heavy atom. The van der Waals surface area contributed by atoms with E-state index in [4.69, 9.17) is 0 Å². The summed E-state index contributed by atoms with van der Waals surface area (Å²) < 4.78 is 30.2. The molecule has 0 radical (unpaired) electrons. The maximum absolute atomic E-state index is 12.0. The third-order valence-electron chi connectivity index (χ3n) is 2.10. The molecule has 0 fully saturated rings. The van der Waals surface area contributed by atoms with Crippen LogP contribution in [0.3, 0.4) is 0 Å². The molecule has 0 spiro atoms. The van der Waals surface area contributed by atoms with Crippen LogP contribution in [0.2, 0.25) is 0 Å². The van der Waals surface area contributed by atoms with E-state index in [9.17, 15) is 8.78 Å². The van der Waals surface area contributed by atoms with E-state index in [0.29, 0.717) is 5.69 Å². The number of aromatic nitrogens is 1. The van der Waals surface area contributed by atoms with Gasteiger partial charge in [0, 0.05) is 17.8 Å². The lowest BCUT2D eigenvalue weighted by Gasteiger charge is -2.02. The molecule has 2 nitrogen and oxygen atoms in total. The second-order valence-corrected chi connectivity index (χ2v) is 2.97. The molecule has 4 heteroatoms. The Kier molecular flexibility index (Phi) is 2.11. The van der Waals surface area contributed by atoms with Gasteiger partial charge in [0.05, 0.1) is 5.69 Å². The minimum Gasteiger partial charge on any atom is -0.433 e. The molecule has 0 aromatic carbocycles. The van der Waals surface area contributed by atoms with Crippen LogP contribution in [0.25, 0.3) is 5.52 Å². The number of pyridine rings is 1. The van der Waals surface area contributed by atoms with Crippen molar-refractivity contribution in [1.82, 2.24) is 4.40 Å². The minimum absolute atomic E-state index is 0.228. The van der Waals surface area contributed by atoms with Crippen LogP contribution in [-0.2, 0) is 0 Å². The summed E-state index contributed by atoms with van der Waals surface area (Å²) in [5.74, 6) is 0.228. The van der Waals surface area contributed by atoms with Gasteiger partial charge >= 0.3 is 6.61 Å². The van der Waals surface area contributed by atoms with E-state index in [2.05, 4.69) is 4.74 Å². The summed E-state index contributed by atoms with van der Waals surface area (Å²) in [6.07, 6.45) is 1.81. The normalized spacial score (nSPS) is 11.1. The highest BCUT2D eigenvalue weighted by atomic mass is 19.3. The quantitative estimate of drug-likeness (QED) is 0.721. The van der Waals surface area contributed by atoms with Gasteiger partial charge in [0.25, 0.3) is 0 Å². The first kappa shape index (κ1) is 8.99. The second-order valence-electron chi connectivity index (χ2n) is 2.97. The van der Waals surface area contributed by atoms with E-state index in [1.807, 2.05) is 24.4 Å². The van der Waals surface area contributed by atoms with Gasteiger partial charge in [-0.05, 0) is 19.1 Å². The maximum Gasteiger partial charge on any atom is 0.387 e. The van der Waals surface area contributed by atoms with Crippen LogP contribution in [-0.4, -0.2) is 11.0 Å². The molecule has 0 aliphatic heterocycles. The van der Waals surface area contributed by atoms with E-state index in [1.54, 1.807) is 17.4 Å². The molecule has 2 heterocycles. The standard InChI is InChI=1S/C10H9F2NO/c1-7-9(14-10(11)12)6-8-4-2-3-5-13(7)8/h2-6,10H,1H3. The van der Waals surface area contributed by atoms with Gasteiger partial charge in [0.15, 0.2) is 0 Å². The van der Waals surface area contributed by atoms with Gasteiger partial charge in [0.2, 0.25) is 0 Å². The topological polar surface area (TPSA) is 13.6 Å². The van der Waals surface area contributed by atoms with Crippen molar-refractivity contribution in [2.24, 2.45) is 0 Å². The van der Waals surface area contributed by atoms with Crippen LogP contribution in [0.5, 0.6) is 5.75 Å². The predicted molar refractivity (Wildman–Crippen MR) is 48.8 cm³/mol. The van der Waals surface area contributed by atoms with Crippen molar-refractivity contribution in [2.45, 2.75) is 13.5 Å². The molecule has 0 saturated carbocycles. The Morgan fingerprint density at radius 1 is 1.36 bits per heavy atom. The van der Waals surface area contributed by atoms with Crippen LogP contribution in [0.4, 0.5) is 8.78 Å². The average Bonchev–Trinajstić information content (AvgIpc) is 2.44. The summed E-state index contributed by atoms with van der Waals surface area (Å²) in [7, 11) is 0. The van der Waals surface area contributed by atoms with Crippen molar-refractivity contribution in [3.63, 3.8) is 0 Å². The summed E-state index contributed by atoms with van der Waals surface area (Å²) in [5.41, 5.74) is 1.53. The van der Waals surface area contributed by atoms with E-state index in [-0.39, 0.29) is 5.75 Å². The van der Waals surface area contributed by atoms with Crippen LogP contribution >= 0.6 is 0 Å². The Hall–Kier alpha value is -1.58. The monoisotopic (exact) mass is 197 g/mol. The van der Waals surface area contributed by atoms with Crippen molar-refractivity contribution in [1.29, 1.82) is 0 Å². The summed E-state index contributed by atoms with van der Waals surface area (Å²) in [5, 5.41) is 0. The van der Waals surface area contributed by atoms with Crippen LogP contribution < -0.4 is 4.74 Å². The Balaban J connectivity index is 2.51. The van der Waals surface area contributed by atoms with E-state index in [0.717, 1.165) is 5.52 Å². The van der Waals surface area contributed by atoms with Gasteiger partial charge in [-0.3, -0.25) is 0 Å². The number of alkyl halides is 2. The van der Waals surface area contributed by atoms with Crippen molar-refractivity contribution in [3.05, 3.63) is 36.2 Å². The SMILES string of the molecule is Cc1c(OC(F)F)cc2ccccn12. The Bertz CT molecular complexity index is 450. The average molecular weight is 197 g/mol. The first-order valence-electron chi connectivity index (χ1n) is 4.20. The maximum atomic E-state index is 12.0. The lowest BCUT2D eigenvalue weighted by atomic mass is 10.4. The number of fused-ring (bicyclic) bond motifs is 1. The van der Waals surface area contributed by atoms with Crippen molar-refractivity contribution < 1.29 is 13.5 Å². The number of hydrogen-bond donors (Lipinski definition) is 0. The van der Waals surface area contributed by atoms with Gasteiger partial charge in [-0.2, -0.15) is 8.78 Å². The molecule has 0 unspecified atom stereocenters. The summed E-state index contributed by atoms with van der Waals surface area (Å²) in [6.45, 7) is -1.03. The second kappa shape index (κ2) is 3.29. The zero-order valence-electron chi connectivity index (χ0n) is 7.58. The van der Waals surface area contributed by atoms with Crippen LogP contribution in [0.15, 0.2) is 30.5 Å². The fourth-order valence-electron chi connectivity index (χ4n) is 1.45. The molecule has 0 saturated heterocycles. The molecule has 0 bridgehead atoms. The highest BCUT2D eigenvalue weighted by Crippen LogP contribution is 2.24. The van der Waals surface area contributed by atoms with E-state index >= 15 is 0 Å². The minimum atomic E-state index is -2.77. The Morgan fingerprint density at radius 2 is 2.14 bits per heavy atom. The van der Waals surface area contributed by atoms with Gasteiger partial charge in [-0.25, -0.2) is 0 Å². The third-order valence-corrected chi connectivity index (χ3v) is 2.10. The number of halogens is 2. The number of hydrogen-bond acceptors (Lipinski definition) is 1. The van der Waals surface area contributed by atoms with E-state index in [1.165, 1.54) is 0 Å². The van der Waals surface area contributed by atoms with Crippen molar-refractivity contribution in [2.75, 3.05) is 0 Å². The first-order chi connectivity index (χ1) is 6.68. The molecule has 14 heavy (non-hydrogen) atoms. The fourth-order valence-corrected chi connectivity index (χ4v) is 1.45. The highest BCUT2D eigenvalue weighted by Gasteiger charge is 2.10. The molecular weight excluding hydrogens is 188 g/mol. The van der Waals surface area contributed by atoms with Gasteiger partial charge in [-0.1, -0.05) is 6.07 Å². The fraction of sp³-hybridized carbons (Fsp3) is 0.200. The molecule has 2 rings (SSSR count). The summed E-state index contributed by atoms with van der Waals surface area (Å²) in [4.78, 5) is 0. The van der Waals surface area contributed by atoms with Gasteiger partial charge in [0.1, 0.15) is 5.75 Å². The number of rotatable bonds is 2. The predicted octanol–water partition coefficient (Wildman–Crippen LogP) is 2.85. The largest absolute Gasteiger partial charge is 0.433 e. The molecule has 74 valence electrons. The van der Waals surface area contributed by atoms with Crippen LogP contribution in [0.1, 0.15) is 5.69 Å². The summed E-state index contributed by atoms with van der Waals surface area (Å²) >= 11 is 0. The van der Waals surface area contributed by atoms with Gasteiger partial charge < -0.3 is 9.14 Å². The lowest BCUT2D eigenvalue weighted by molar-refractivity contribution is -0.0502. The van der Waals surface area contributed by atoms with Gasteiger partial charge in [-0.15, -0.1) is 0 Å². The molecule has 0 aliphatic rings. The molecule has 0 atom stereocenters. The van der Waals surface area contributed by atoms with Crippen molar-refractivity contribution in [3.8, 4) is 5.75 Å². The zero-order valence-corrected chi connectivity index (χ0v) is 7.58. The molecule has 2 aromatic rings. The Labute approximate surface area is 79.7 Å². The third kappa shape index (κ3) is 1.43. The molecule has 2 aromatic heterocycles. The highest BCUT2D eigenvalue weighted by molar-refractivity contribution is 5.55. The van der Waals surface area contributed by atoms with Crippen molar-refractivity contribution >= 4 is 5.52 Å². The summed E-state index contributed by atoms with van der Waals surface area (Å²) in [6, 6.07) is 7.12. The smallest absolute Gasteiger partial charge is 0.387 e. The zero-order chi connectivity index (χ0) is 10.1. The number of aryl methyl sites for hydroxylation is 1. The first-order valence-corrected chi connectivity index (χ1v) is 4.20. The molecular formula is C10H9F2NO. The lowest BCUT2D eigenvalue weighted by Crippen LogP contribution is -2.02. The molecule has 0 aliphatic carbocycles. The molecule has 0 N–H and O–H groups in total.